The van der Waals surface area contributed by atoms with E-state index >= 15 is 0 Å². The summed E-state index contributed by atoms with van der Waals surface area (Å²) in [6.45, 7) is 8.97. The molecule has 0 unspecified atom stereocenters. The number of carbonyl (C=O) groups is 1. The number of nitrogens with zero attached hydrogens (tertiary/aromatic N) is 5. The third-order valence-corrected chi connectivity index (χ3v) is 5.04. The van der Waals surface area contributed by atoms with Crippen LogP contribution in [0.5, 0.6) is 0 Å². The van der Waals surface area contributed by atoms with Crippen molar-refractivity contribution < 1.29 is 9.53 Å². The lowest BCUT2D eigenvalue weighted by atomic mass is 10.0. The highest BCUT2D eigenvalue weighted by molar-refractivity contribution is 5.68. The molecule has 0 aliphatic carbocycles. The Labute approximate surface area is 159 Å². The molecule has 0 radical (unpaired) electrons. The molecule has 4 rings (SSSR count). The molecule has 0 bridgehead atoms. The minimum Gasteiger partial charge on any atom is -0.444 e. The predicted octanol–water partition coefficient (Wildman–Crippen LogP) is 2.84. The van der Waals surface area contributed by atoms with E-state index in [9.17, 15) is 4.79 Å². The number of rotatable bonds is 2. The van der Waals surface area contributed by atoms with E-state index in [-0.39, 0.29) is 6.09 Å². The van der Waals surface area contributed by atoms with Crippen molar-refractivity contribution in [2.75, 3.05) is 31.1 Å². The molecule has 2 aromatic heterocycles. The van der Waals surface area contributed by atoms with Crippen LogP contribution in [0.3, 0.4) is 0 Å². The summed E-state index contributed by atoms with van der Waals surface area (Å²) in [5, 5.41) is 8.73. The molecule has 0 spiro atoms. The van der Waals surface area contributed by atoms with Crippen molar-refractivity contribution in [1.29, 1.82) is 0 Å². The average Bonchev–Trinajstić information content (AvgIpc) is 3.20. The Hall–Kier alpha value is -2.70. The maximum atomic E-state index is 12.3. The van der Waals surface area contributed by atoms with E-state index in [4.69, 9.17) is 4.74 Å². The number of aromatic nitrogens is 3. The lowest BCUT2D eigenvalue weighted by Gasteiger charge is -2.26. The van der Waals surface area contributed by atoms with Gasteiger partial charge in [0.2, 0.25) is 0 Å². The zero-order valence-corrected chi connectivity index (χ0v) is 16.0. The predicted molar refractivity (Wildman–Crippen MR) is 102 cm³/mol. The largest absolute Gasteiger partial charge is 0.444 e. The lowest BCUT2D eigenvalue weighted by Crippen LogP contribution is -2.37. The van der Waals surface area contributed by atoms with Gasteiger partial charge in [-0.3, -0.25) is 4.98 Å². The fourth-order valence-electron chi connectivity index (χ4n) is 3.80. The molecule has 2 aliphatic heterocycles. The molecule has 2 aromatic rings. The molecule has 7 heteroatoms. The van der Waals surface area contributed by atoms with E-state index in [0.29, 0.717) is 11.8 Å². The van der Waals surface area contributed by atoms with E-state index in [0.717, 1.165) is 43.4 Å². The number of carbonyl (C=O) groups excluding carboxylic acids is 1. The van der Waals surface area contributed by atoms with Crippen molar-refractivity contribution in [3.8, 4) is 11.4 Å². The fourth-order valence-corrected chi connectivity index (χ4v) is 3.80. The third kappa shape index (κ3) is 3.86. The first kappa shape index (κ1) is 17.7. The number of fused-ring (bicyclic) bond motifs is 1. The van der Waals surface area contributed by atoms with Gasteiger partial charge in [-0.05, 0) is 45.0 Å². The number of hydrogen-bond acceptors (Lipinski definition) is 6. The number of ether oxygens (including phenoxy) is 1. The highest BCUT2D eigenvalue weighted by atomic mass is 16.6. The first-order valence-electron chi connectivity index (χ1n) is 9.37. The molecule has 2 saturated heterocycles. The highest BCUT2D eigenvalue weighted by Gasteiger charge is 2.43. The van der Waals surface area contributed by atoms with E-state index < -0.39 is 5.60 Å². The van der Waals surface area contributed by atoms with Gasteiger partial charge in [-0.25, -0.2) is 4.79 Å². The van der Waals surface area contributed by atoms with Crippen molar-refractivity contribution in [2.24, 2.45) is 11.8 Å². The molecular formula is C20H25N5O2. The molecule has 0 aromatic carbocycles. The van der Waals surface area contributed by atoms with Crippen molar-refractivity contribution in [2.45, 2.75) is 26.4 Å². The lowest BCUT2D eigenvalue weighted by molar-refractivity contribution is 0.0282. The van der Waals surface area contributed by atoms with E-state index in [1.807, 2.05) is 56.0 Å². The monoisotopic (exact) mass is 367 g/mol. The molecule has 27 heavy (non-hydrogen) atoms. The average molecular weight is 367 g/mol. The summed E-state index contributed by atoms with van der Waals surface area (Å²) in [5.74, 6) is 1.79. The Kier molecular flexibility index (Phi) is 4.45. The van der Waals surface area contributed by atoms with Gasteiger partial charge in [-0.15, -0.1) is 10.2 Å². The molecule has 2 atom stereocenters. The Morgan fingerprint density at radius 2 is 1.74 bits per heavy atom. The first-order chi connectivity index (χ1) is 12.9. The van der Waals surface area contributed by atoms with Crippen LogP contribution in [0.1, 0.15) is 20.8 Å². The van der Waals surface area contributed by atoms with Gasteiger partial charge in [-0.1, -0.05) is 6.07 Å². The standard InChI is InChI=1S/C20H25N5O2/c1-20(2,3)27-19(26)25-12-14-10-24(11-15(14)13-25)18-8-7-17(22-23-18)16-6-4-5-9-21-16/h4-9,14-15H,10-13H2,1-3H3/t14-,15-/m1/s1. The van der Waals surface area contributed by atoms with Crippen LogP contribution in [0.2, 0.25) is 0 Å². The summed E-state index contributed by atoms with van der Waals surface area (Å²) in [5.41, 5.74) is 1.14. The molecule has 0 saturated carbocycles. The van der Waals surface area contributed by atoms with Crippen molar-refractivity contribution in [3.63, 3.8) is 0 Å². The van der Waals surface area contributed by atoms with Gasteiger partial charge in [-0.2, -0.15) is 0 Å². The van der Waals surface area contributed by atoms with Gasteiger partial charge in [0.15, 0.2) is 5.82 Å². The number of hydrogen-bond donors (Lipinski definition) is 0. The summed E-state index contributed by atoms with van der Waals surface area (Å²) >= 11 is 0. The van der Waals surface area contributed by atoms with Crippen LogP contribution in [0.15, 0.2) is 36.5 Å². The van der Waals surface area contributed by atoms with E-state index in [2.05, 4.69) is 20.1 Å². The van der Waals surface area contributed by atoms with Gasteiger partial charge in [0.25, 0.3) is 0 Å². The Morgan fingerprint density at radius 3 is 2.30 bits per heavy atom. The molecule has 0 N–H and O–H groups in total. The number of amides is 1. The minimum absolute atomic E-state index is 0.206. The minimum atomic E-state index is -0.453. The van der Waals surface area contributed by atoms with Crippen molar-refractivity contribution in [1.82, 2.24) is 20.1 Å². The normalized spacial score (nSPS) is 22.0. The Morgan fingerprint density at radius 1 is 1.00 bits per heavy atom. The van der Waals surface area contributed by atoms with Crippen molar-refractivity contribution in [3.05, 3.63) is 36.5 Å². The second-order valence-electron chi connectivity index (χ2n) is 8.30. The quantitative estimate of drug-likeness (QED) is 0.813. The maximum Gasteiger partial charge on any atom is 0.410 e. The molecule has 4 heterocycles. The number of pyridine rings is 1. The molecule has 2 aliphatic rings. The van der Waals surface area contributed by atoms with E-state index in [1.54, 1.807) is 6.20 Å². The molecule has 1 amide bonds. The second-order valence-corrected chi connectivity index (χ2v) is 8.30. The smallest absolute Gasteiger partial charge is 0.410 e. The highest BCUT2D eigenvalue weighted by Crippen LogP contribution is 2.34. The zero-order valence-electron chi connectivity index (χ0n) is 16.0. The van der Waals surface area contributed by atoms with Crippen LogP contribution in [0.25, 0.3) is 11.4 Å². The van der Waals surface area contributed by atoms with Gasteiger partial charge in [0.05, 0.1) is 5.69 Å². The summed E-state index contributed by atoms with van der Waals surface area (Å²) in [6, 6.07) is 9.72. The molecule has 142 valence electrons. The van der Waals surface area contributed by atoms with Crippen LogP contribution in [-0.2, 0) is 4.74 Å². The Bertz CT molecular complexity index is 789. The van der Waals surface area contributed by atoms with Gasteiger partial charge in [0.1, 0.15) is 11.3 Å². The van der Waals surface area contributed by atoms with Crippen LogP contribution in [-0.4, -0.2) is 58.0 Å². The SMILES string of the molecule is CC(C)(C)OC(=O)N1C[C@H]2CN(c3ccc(-c4ccccn4)nn3)C[C@@H]2C1. The molecule has 7 nitrogen and oxygen atoms in total. The maximum absolute atomic E-state index is 12.3. The van der Waals surface area contributed by atoms with E-state index in [1.165, 1.54) is 0 Å². The van der Waals surface area contributed by atoms with Crippen LogP contribution in [0, 0.1) is 11.8 Å². The third-order valence-electron chi connectivity index (χ3n) is 5.04. The fraction of sp³-hybridized carbons (Fsp3) is 0.500. The zero-order chi connectivity index (χ0) is 19.0. The van der Waals surface area contributed by atoms with Crippen molar-refractivity contribution >= 4 is 11.9 Å². The first-order valence-corrected chi connectivity index (χ1v) is 9.37. The van der Waals surface area contributed by atoms with Gasteiger partial charge >= 0.3 is 6.09 Å². The summed E-state index contributed by atoms with van der Waals surface area (Å²) in [6.07, 6.45) is 1.55. The topological polar surface area (TPSA) is 71.5 Å². The summed E-state index contributed by atoms with van der Waals surface area (Å²) < 4.78 is 5.50. The molecule has 2 fully saturated rings. The number of anilines is 1. The van der Waals surface area contributed by atoms with Crippen LogP contribution >= 0.6 is 0 Å². The summed E-state index contributed by atoms with van der Waals surface area (Å²) in [4.78, 5) is 20.7. The summed E-state index contributed by atoms with van der Waals surface area (Å²) in [7, 11) is 0. The Balaban J connectivity index is 1.37. The molecular weight excluding hydrogens is 342 g/mol. The second kappa shape index (κ2) is 6.79. The van der Waals surface area contributed by atoms with Gasteiger partial charge < -0.3 is 14.5 Å². The van der Waals surface area contributed by atoms with Gasteiger partial charge in [0, 0.05) is 44.2 Å². The van der Waals surface area contributed by atoms with Crippen LogP contribution in [0.4, 0.5) is 10.6 Å². The number of likely N-dealkylation sites (tertiary alicyclic amines) is 1. The van der Waals surface area contributed by atoms with Crippen LogP contribution < -0.4 is 4.90 Å².